The molecule has 2 aromatic carbocycles. The molecule has 0 bridgehead atoms. The van der Waals surface area contributed by atoms with E-state index in [1.807, 2.05) is 48.5 Å². The van der Waals surface area contributed by atoms with Gasteiger partial charge in [-0.3, -0.25) is 4.98 Å². The van der Waals surface area contributed by atoms with Crippen LogP contribution in [0.1, 0.15) is 11.6 Å². The number of hydrogen-bond donors (Lipinski definition) is 4. The second kappa shape index (κ2) is 8.88. The number of aliphatic hydroxyl groups excluding tert-OH is 2. The maximum absolute atomic E-state index is 10.4. The van der Waals surface area contributed by atoms with Crippen molar-refractivity contribution in [1.29, 1.82) is 0 Å². The minimum absolute atomic E-state index is 0.324. The Morgan fingerprint density at radius 3 is 2.70 bits per heavy atom. The van der Waals surface area contributed by atoms with Gasteiger partial charge in [0.15, 0.2) is 0 Å². The summed E-state index contributed by atoms with van der Waals surface area (Å²) < 4.78 is 1.06. The topological polar surface area (TPSA) is 94.7 Å². The smallest absolute Gasteiger partial charge is 0.227 e. The number of anilines is 3. The Morgan fingerprint density at radius 2 is 1.93 bits per heavy atom. The van der Waals surface area contributed by atoms with E-state index in [0.717, 1.165) is 21.5 Å². The third kappa shape index (κ3) is 4.23. The fourth-order valence-electron chi connectivity index (χ4n) is 3.14. The highest BCUT2D eigenvalue weighted by atomic mass is 32.1. The van der Waals surface area contributed by atoms with Gasteiger partial charge in [0.2, 0.25) is 5.69 Å². The average Bonchev–Trinajstić information content (AvgIpc) is 3.25. The molecule has 0 unspecified atom stereocenters. The molecule has 0 aliphatic carbocycles. The lowest BCUT2D eigenvalue weighted by molar-refractivity contribution is 0.0795. The van der Waals surface area contributed by atoms with E-state index in [1.54, 1.807) is 22.9 Å². The van der Waals surface area contributed by atoms with E-state index in [2.05, 4.69) is 25.4 Å². The van der Waals surface area contributed by atoms with Crippen molar-refractivity contribution < 1.29 is 10.2 Å². The molecule has 2 heterocycles. The molecule has 0 radical (unpaired) electrons. The molecule has 4 aromatic rings. The third-order valence-corrected chi connectivity index (χ3v) is 5.44. The van der Waals surface area contributed by atoms with Crippen LogP contribution in [-0.2, 0) is 0 Å². The third-order valence-electron chi connectivity index (χ3n) is 4.65. The van der Waals surface area contributed by atoms with E-state index in [-0.39, 0.29) is 0 Å². The second-order valence-corrected chi connectivity index (χ2v) is 7.53. The molecule has 150 valence electrons. The van der Waals surface area contributed by atoms with E-state index in [1.165, 1.54) is 6.20 Å². The Hall–Kier alpha value is -3.51. The summed E-state index contributed by atoms with van der Waals surface area (Å²) in [5.74, 6) is 0.555. The normalized spacial score (nSPS) is 12.8. The molecule has 0 saturated carbocycles. The van der Waals surface area contributed by atoms with Gasteiger partial charge in [-0.25, -0.2) is 9.83 Å². The molecule has 2 atom stereocenters. The maximum atomic E-state index is 10.4. The highest BCUT2D eigenvalue weighted by Crippen LogP contribution is 2.33. The molecule has 0 saturated heterocycles. The zero-order chi connectivity index (χ0) is 20.9. The minimum Gasteiger partial charge on any atom is -0.394 e. The van der Waals surface area contributed by atoms with Gasteiger partial charge in [0.1, 0.15) is 11.9 Å². The lowest BCUT2D eigenvalue weighted by Crippen LogP contribution is -2.28. The van der Waals surface area contributed by atoms with Crippen molar-refractivity contribution in [1.82, 2.24) is 9.97 Å². The van der Waals surface area contributed by atoms with Crippen molar-refractivity contribution in [3.8, 4) is 0 Å². The number of pyridine rings is 1. The summed E-state index contributed by atoms with van der Waals surface area (Å²) in [6.07, 6.45) is 0.445. The van der Waals surface area contributed by atoms with Crippen LogP contribution in [0.5, 0.6) is 0 Å². The predicted molar refractivity (Wildman–Crippen MR) is 119 cm³/mol. The summed E-state index contributed by atoms with van der Waals surface area (Å²) in [5.41, 5.74) is 5.24. The van der Waals surface area contributed by atoms with Crippen molar-refractivity contribution in [2.75, 3.05) is 17.2 Å². The van der Waals surface area contributed by atoms with Crippen molar-refractivity contribution in [3.05, 3.63) is 83.3 Å². The van der Waals surface area contributed by atoms with Crippen LogP contribution >= 0.6 is 11.3 Å². The van der Waals surface area contributed by atoms with Crippen LogP contribution in [0.15, 0.2) is 66.3 Å². The number of hydrogen-bond acceptors (Lipinski definition) is 7. The first-order valence-electron chi connectivity index (χ1n) is 9.26. The molecule has 4 rings (SSSR count). The van der Waals surface area contributed by atoms with E-state index >= 15 is 0 Å². The van der Waals surface area contributed by atoms with E-state index in [4.69, 9.17) is 6.57 Å². The summed E-state index contributed by atoms with van der Waals surface area (Å²) in [6.45, 7) is 7.05. The molecule has 0 spiro atoms. The van der Waals surface area contributed by atoms with Crippen LogP contribution < -0.4 is 10.6 Å². The SMILES string of the molecule is [C-]#[N+]c1cnc(Nc2ccc3ncsc3c2)cc1N[C@@H](c1ccccc1)[C@H](O)CO. The summed E-state index contributed by atoms with van der Waals surface area (Å²) >= 11 is 1.56. The molecule has 7 nitrogen and oxygen atoms in total. The lowest BCUT2D eigenvalue weighted by atomic mass is 10.0. The largest absolute Gasteiger partial charge is 0.394 e. The van der Waals surface area contributed by atoms with Crippen LogP contribution in [0.2, 0.25) is 0 Å². The first-order valence-corrected chi connectivity index (χ1v) is 10.1. The quantitative estimate of drug-likeness (QED) is 0.331. The number of fused-ring (bicyclic) bond motifs is 1. The predicted octanol–water partition coefficient (Wildman–Crippen LogP) is 4.49. The summed E-state index contributed by atoms with van der Waals surface area (Å²) in [4.78, 5) is 12.1. The monoisotopic (exact) mass is 417 g/mol. The van der Waals surface area contributed by atoms with E-state index in [0.29, 0.717) is 17.2 Å². The standard InChI is InChI=1S/C22H19N5O2S/c1-23-18-11-24-21(26-15-7-8-16-20(9-15)30-13-25-16)10-17(18)27-22(19(29)12-28)14-5-3-2-4-6-14/h2-11,13,19,22,28-29H,12H2,(H2,24,26,27)/t19-,22+/m1/s1. The van der Waals surface area contributed by atoms with Gasteiger partial charge in [0, 0.05) is 17.6 Å². The van der Waals surface area contributed by atoms with Crippen LogP contribution in [0, 0.1) is 6.57 Å². The van der Waals surface area contributed by atoms with Gasteiger partial charge in [-0.2, -0.15) is 0 Å². The molecular formula is C22H19N5O2S. The average molecular weight is 417 g/mol. The summed E-state index contributed by atoms with van der Waals surface area (Å²) in [7, 11) is 0. The number of thiazole rings is 1. The first-order chi connectivity index (χ1) is 14.7. The van der Waals surface area contributed by atoms with Crippen LogP contribution in [0.3, 0.4) is 0 Å². The number of aromatic nitrogens is 2. The fourth-order valence-corrected chi connectivity index (χ4v) is 3.85. The fraction of sp³-hybridized carbons (Fsp3) is 0.136. The minimum atomic E-state index is -1.04. The zero-order valence-electron chi connectivity index (χ0n) is 15.9. The molecule has 8 heteroatoms. The Balaban J connectivity index is 1.64. The van der Waals surface area contributed by atoms with Gasteiger partial charge in [-0.15, -0.1) is 11.3 Å². The molecular weight excluding hydrogens is 398 g/mol. The summed E-state index contributed by atoms with van der Waals surface area (Å²) in [6, 6.07) is 16.3. The Kier molecular flexibility index (Phi) is 5.86. The number of nitrogens with zero attached hydrogens (tertiary/aromatic N) is 3. The summed E-state index contributed by atoms with van der Waals surface area (Å²) in [5, 5.41) is 26.3. The van der Waals surface area contributed by atoms with Gasteiger partial charge < -0.3 is 20.8 Å². The highest BCUT2D eigenvalue weighted by molar-refractivity contribution is 7.16. The highest BCUT2D eigenvalue weighted by Gasteiger charge is 2.21. The van der Waals surface area contributed by atoms with Crippen LogP contribution in [-0.4, -0.2) is 32.9 Å². The number of aliphatic hydroxyl groups is 2. The van der Waals surface area contributed by atoms with Crippen molar-refractivity contribution in [2.45, 2.75) is 12.1 Å². The van der Waals surface area contributed by atoms with Gasteiger partial charge in [0.25, 0.3) is 0 Å². The molecule has 30 heavy (non-hydrogen) atoms. The first kappa shape index (κ1) is 19.8. The molecule has 0 amide bonds. The van der Waals surface area contributed by atoms with Crippen molar-refractivity contribution in [2.24, 2.45) is 0 Å². The zero-order valence-corrected chi connectivity index (χ0v) is 16.7. The molecule has 0 fully saturated rings. The number of benzene rings is 2. The van der Waals surface area contributed by atoms with E-state index in [9.17, 15) is 10.2 Å². The molecule has 4 N–H and O–H groups in total. The maximum Gasteiger partial charge on any atom is 0.227 e. The van der Waals surface area contributed by atoms with Crippen molar-refractivity contribution >= 4 is 44.4 Å². The second-order valence-electron chi connectivity index (χ2n) is 6.64. The van der Waals surface area contributed by atoms with Gasteiger partial charge >= 0.3 is 0 Å². The van der Waals surface area contributed by atoms with Gasteiger partial charge in [-0.1, -0.05) is 30.3 Å². The van der Waals surface area contributed by atoms with E-state index < -0.39 is 18.8 Å². The lowest BCUT2D eigenvalue weighted by Gasteiger charge is -2.25. The van der Waals surface area contributed by atoms with Gasteiger partial charge in [-0.05, 0) is 29.8 Å². The van der Waals surface area contributed by atoms with Crippen molar-refractivity contribution in [3.63, 3.8) is 0 Å². The van der Waals surface area contributed by atoms with Crippen LogP contribution in [0.25, 0.3) is 15.1 Å². The number of nitrogens with one attached hydrogen (secondary N) is 2. The van der Waals surface area contributed by atoms with Crippen LogP contribution in [0.4, 0.5) is 22.9 Å². The molecule has 0 aliphatic heterocycles. The number of rotatable bonds is 7. The Labute approximate surface area is 177 Å². The Morgan fingerprint density at radius 1 is 1.10 bits per heavy atom. The Bertz CT molecular complexity index is 1190. The van der Waals surface area contributed by atoms with Gasteiger partial charge in [0.05, 0.1) is 34.9 Å². The molecule has 2 aromatic heterocycles. The molecule has 0 aliphatic rings.